The van der Waals surface area contributed by atoms with Crippen LogP contribution in [0, 0.1) is 5.92 Å². The maximum absolute atomic E-state index is 13.5. The van der Waals surface area contributed by atoms with Gasteiger partial charge in [0.15, 0.2) is 0 Å². The number of carbonyl (C=O) groups excluding carboxylic acids is 3. The zero-order valence-electron chi connectivity index (χ0n) is 21.1. The standard InChI is InChI=1S/C25H39N5O5/c1-18(2)24(32)29(10-9-28-11-13-35-14-12-28)20-16-22(23(31)27-8-7-26)30(17-20)25(33)19-5-4-6-21(15-19)34-3/h4-6,15,18,20,22H,7-14,16-17,26H2,1-3H3,(H,27,31). The Labute approximate surface area is 207 Å². The van der Waals surface area contributed by atoms with E-state index < -0.39 is 6.04 Å². The van der Waals surface area contributed by atoms with Crippen LogP contribution in [0.3, 0.4) is 0 Å². The minimum atomic E-state index is -0.684. The fraction of sp³-hybridized carbons (Fsp3) is 0.640. The van der Waals surface area contributed by atoms with Gasteiger partial charge in [-0.15, -0.1) is 0 Å². The van der Waals surface area contributed by atoms with Gasteiger partial charge in [-0.1, -0.05) is 19.9 Å². The van der Waals surface area contributed by atoms with Gasteiger partial charge in [0.05, 0.1) is 26.4 Å². The summed E-state index contributed by atoms with van der Waals surface area (Å²) in [6, 6.07) is 5.96. The summed E-state index contributed by atoms with van der Waals surface area (Å²) in [6.07, 6.45) is 0.383. The molecular weight excluding hydrogens is 450 g/mol. The smallest absolute Gasteiger partial charge is 0.254 e. The van der Waals surface area contributed by atoms with Crippen LogP contribution in [0.5, 0.6) is 5.75 Å². The number of morpholine rings is 1. The van der Waals surface area contributed by atoms with Gasteiger partial charge in [-0.05, 0) is 24.6 Å². The van der Waals surface area contributed by atoms with E-state index in [0.717, 1.165) is 19.6 Å². The highest BCUT2D eigenvalue weighted by atomic mass is 16.5. The Hall–Kier alpha value is -2.69. The Bertz CT molecular complexity index is 874. The van der Waals surface area contributed by atoms with E-state index in [1.807, 2.05) is 18.7 Å². The van der Waals surface area contributed by atoms with Crippen LogP contribution >= 0.6 is 0 Å². The van der Waals surface area contributed by atoms with Crippen LogP contribution in [-0.4, -0.2) is 111 Å². The van der Waals surface area contributed by atoms with E-state index in [9.17, 15) is 14.4 Å². The van der Waals surface area contributed by atoms with Crippen LogP contribution in [0.4, 0.5) is 0 Å². The average Bonchev–Trinajstić information content (AvgIpc) is 3.32. The number of rotatable bonds is 10. The maximum Gasteiger partial charge on any atom is 0.254 e. The first-order valence-electron chi connectivity index (χ1n) is 12.4. The van der Waals surface area contributed by atoms with Crippen molar-refractivity contribution < 1.29 is 23.9 Å². The molecule has 0 bridgehead atoms. The number of amides is 3. The summed E-state index contributed by atoms with van der Waals surface area (Å²) in [5.74, 6) is -0.103. The number of nitrogens with two attached hydrogens (primary N) is 1. The van der Waals surface area contributed by atoms with Gasteiger partial charge in [0.1, 0.15) is 11.8 Å². The minimum absolute atomic E-state index is 0.0278. The van der Waals surface area contributed by atoms with Gasteiger partial charge in [0, 0.05) is 57.3 Å². The van der Waals surface area contributed by atoms with Crippen molar-refractivity contribution >= 4 is 17.7 Å². The molecular formula is C25H39N5O5. The monoisotopic (exact) mass is 489 g/mol. The third-order valence-corrected chi connectivity index (χ3v) is 6.58. The molecule has 0 aromatic heterocycles. The van der Waals surface area contributed by atoms with E-state index in [-0.39, 0.29) is 29.7 Å². The molecule has 1 aromatic rings. The number of benzene rings is 1. The molecule has 0 aliphatic carbocycles. The van der Waals surface area contributed by atoms with E-state index >= 15 is 0 Å². The van der Waals surface area contributed by atoms with Crippen molar-refractivity contribution in [3.63, 3.8) is 0 Å². The molecule has 3 rings (SSSR count). The Morgan fingerprint density at radius 3 is 2.66 bits per heavy atom. The Morgan fingerprint density at radius 1 is 1.26 bits per heavy atom. The summed E-state index contributed by atoms with van der Waals surface area (Å²) in [5.41, 5.74) is 6.02. The second-order valence-electron chi connectivity index (χ2n) is 9.31. The molecule has 10 nitrogen and oxygen atoms in total. The van der Waals surface area contributed by atoms with Crippen molar-refractivity contribution in [3.05, 3.63) is 29.8 Å². The first-order chi connectivity index (χ1) is 16.8. The average molecular weight is 490 g/mol. The predicted octanol–water partition coefficient (Wildman–Crippen LogP) is 0.170. The largest absolute Gasteiger partial charge is 0.497 e. The Kier molecular flexibility index (Phi) is 9.88. The van der Waals surface area contributed by atoms with Crippen LogP contribution in [-0.2, 0) is 14.3 Å². The molecule has 2 aliphatic rings. The molecule has 2 aliphatic heterocycles. The molecule has 2 unspecified atom stereocenters. The van der Waals surface area contributed by atoms with Crippen LogP contribution in [0.15, 0.2) is 24.3 Å². The van der Waals surface area contributed by atoms with E-state index in [4.69, 9.17) is 15.2 Å². The molecule has 3 N–H and O–H groups in total. The summed E-state index contributed by atoms with van der Waals surface area (Å²) in [5, 5.41) is 2.82. The third-order valence-electron chi connectivity index (χ3n) is 6.58. The molecule has 0 saturated carbocycles. The molecule has 2 saturated heterocycles. The summed E-state index contributed by atoms with van der Waals surface area (Å²) < 4.78 is 10.7. The molecule has 35 heavy (non-hydrogen) atoms. The number of methoxy groups -OCH3 is 1. The van der Waals surface area contributed by atoms with Crippen molar-refractivity contribution in [1.82, 2.24) is 20.0 Å². The molecule has 194 valence electrons. The maximum atomic E-state index is 13.5. The number of likely N-dealkylation sites (tertiary alicyclic amines) is 1. The molecule has 0 spiro atoms. The molecule has 2 fully saturated rings. The summed E-state index contributed by atoms with van der Waals surface area (Å²) >= 11 is 0. The molecule has 1 aromatic carbocycles. The summed E-state index contributed by atoms with van der Waals surface area (Å²) in [4.78, 5) is 45.5. The topological polar surface area (TPSA) is 117 Å². The SMILES string of the molecule is COc1cccc(C(=O)N2CC(N(CCN3CCOCC3)C(=O)C(C)C)CC2C(=O)NCCN)c1. The van der Waals surface area contributed by atoms with E-state index in [2.05, 4.69) is 10.2 Å². The lowest BCUT2D eigenvalue weighted by molar-refractivity contribution is -0.137. The van der Waals surface area contributed by atoms with E-state index in [1.54, 1.807) is 36.3 Å². The van der Waals surface area contributed by atoms with Gasteiger partial charge < -0.3 is 30.3 Å². The van der Waals surface area contributed by atoms with Gasteiger partial charge in [0.25, 0.3) is 5.91 Å². The van der Waals surface area contributed by atoms with Gasteiger partial charge in [0.2, 0.25) is 11.8 Å². The first-order valence-corrected chi connectivity index (χ1v) is 12.4. The number of hydrogen-bond donors (Lipinski definition) is 2. The second kappa shape index (κ2) is 12.9. The fourth-order valence-corrected chi connectivity index (χ4v) is 4.63. The number of hydrogen-bond acceptors (Lipinski definition) is 7. The number of carbonyl (C=O) groups is 3. The molecule has 10 heteroatoms. The Balaban J connectivity index is 1.82. The molecule has 2 atom stereocenters. The second-order valence-corrected chi connectivity index (χ2v) is 9.31. The highest BCUT2D eigenvalue weighted by Crippen LogP contribution is 2.27. The molecule has 2 heterocycles. The van der Waals surface area contributed by atoms with Crippen molar-refractivity contribution in [2.45, 2.75) is 32.4 Å². The predicted molar refractivity (Wildman–Crippen MR) is 132 cm³/mol. The lowest BCUT2D eigenvalue weighted by Gasteiger charge is -2.34. The van der Waals surface area contributed by atoms with Crippen LogP contribution in [0.25, 0.3) is 0 Å². The zero-order chi connectivity index (χ0) is 25.4. The highest BCUT2D eigenvalue weighted by molar-refractivity contribution is 5.98. The van der Waals surface area contributed by atoms with Crippen molar-refractivity contribution in [2.75, 3.05) is 66.1 Å². The Morgan fingerprint density at radius 2 is 2.00 bits per heavy atom. The molecule has 0 radical (unpaired) electrons. The van der Waals surface area contributed by atoms with Crippen molar-refractivity contribution in [3.8, 4) is 5.75 Å². The van der Waals surface area contributed by atoms with Gasteiger partial charge in [-0.3, -0.25) is 19.3 Å². The lowest BCUT2D eigenvalue weighted by Crippen LogP contribution is -2.49. The van der Waals surface area contributed by atoms with Gasteiger partial charge >= 0.3 is 0 Å². The van der Waals surface area contributed by atoms with Crippen LogP contribution < -0.4 is 15.8 Å². The minimum Gasteiger partial charge on any atom is -0.497 e. The van der Waals surface area contributed by atoms with Gasteiger partial charge in [-0.2, -0.15) is 0 Å². The van der Waals surface area contributed by atoms with E-state index in [0.29, 0.717) is 57.1 Å². The summed E-state index contributed by atoms with van der Waals surface area (Å²) in [7, 11) is 1.54. The normalized spacial score (nSPS) is 20.7. The zero-order valence-corrected chi connectivity index (χ0v) is 21.1. The highest BCUT2D eigenvalue weighted by Gasteiger charge is 2.43. The number of nitrogens with one attached hydrogen (secondary N) is 1. The first kappa shape index (κ1) is 26.9. The third kappa shape index (κ3) is 6.93. The number of nitrogens with zero attached hydrogens (tertiary/aromatic N) is 3. The molecule has 3 amide bonds. The van der Waals surface area contributed by atoms with Crippen LogP contribution in [0.1, 0.15) is 30.6 Å². The van der Waals surface area contributed by atoms with Crippen molar-refractivity contribution in [2.24, 2.45) is 11.7 Å². The summed E-state index contributed by atoms with van der Waals surface area (Å²) in [6.45, 7) is 8.99. The van der Waals surface area contributed by atoms with Crippen molar-refractivity contribution in [1.29, 1.82) is 0 Å². The number of ether oxygens (including phenoxy) is 2. The quantitative estimate of drug-likeness (QED) is 0.481. The van der Waals surface area contributed by atoms with Crippen LogP contribution in [0.2, 0.25) is 0 Å². The fourth-order valence-electron chi connectivity index (χ4n) is 4.63. The van der Waals surface area contributed by atoms with E-state index in [1.165, 1.54) is 0 Å². The lowest BCUT2D eigenvalue weighted by atomic mass is 10.1. The van der Waals surface area contributed by atoms with Gasteiger partial charge in [-0.25, -0.2) is 0 Å².